The van der Waals surface area contributed by atoms with E-state index in [9.17, 15) is 8.42 Å². The van der Waals surface area contributed by atoms with Crippen molar-refractivity contribution >= 4 is 21.4 Å². The molecule has 0 amide bonds. The van der Waals surface area contributed by atoms with Crippen molar-refractivity contribution in [1.82, 2.24) is 9.71 Å². The molecule has 0 aliphatic carbocycles. The third-order valence-corrected chi connectivity index (χ3v) is 4.90. The van der Waals surface area contributed by atoms with E-state index in [4.69, 9.17) is 5.11 Å². The second kappa shape index (κ2) is 6.94. The van der Waals surface area contributed by atoms with Gasteiger partial charge in [-0.3, -0.25) is 0 Å². The molecule has 0 unspecified atom stereocenters. The lowest BCUT2D eigenvalue weighted by molar-refractivity contribution is 0.299. The number of aromatic nitrogens is 1. The van der Waals surface area contributed by atoms with Gasteiger partial charge in [0.05, 0.1) is 16.1 Å². The van der Waals surface area contributed by atoms with E-state index in [2.05, 4.69) is 9.71 Å². The molecule has 1 aromatic carbocycles. The van der Waals surface area contributed by atoms with Crippen molar-refractivity contribution in [2.75, 3.05) is 13.2 Å². The lowest BCUT2D eigenvalue weighted by Gasteiger charge is -2.07. The normalized spacial score (nSPS) is 11.7. The van der Waals surface area contributed by atoms with E-state index >= 15 is 0 Å². The molecule has 0 aliphatic heterocycles. The number of aliphatic hydroxyl groups is 1. The fourth-order valence-corrected chi connectivity index (χ4v) is 3.35. The van der Waals surface area contributed by atoms with Crippen LogP contribution in [0.15, 0.2) is 40.1 Å². The fraction of sp³-hybridized carbons (Fsp3) is 0.308. The molecule has 0 atom stereocenters. The van der Waals surface area contributed by atoms with Crippen LogP contribution in [0.25, 0.3) is 0 Å². The first-order chi connectivity index (χ1) is 9.62. The maximum Gasteiger partial charge on any atom is 0.240 e. The van der Waals surface area contributed by atoms with E-state index in [1.807, 2.05) is 5.38 Å². The average Bonchev–Trinajstić information content (AvgIpc) is 2.93. The third-order valence-electron chi connectivity index (χ3n) is 2.79. The second-order valence-electron chi connectivity index (χ2n) is 4.25. The van der Waals surface area contributed by atoms with Crippen LogP contribution in [0.3, 0.4) is 0 Å². The molecular formula is C13H16N2O3S2. The molecule has 0 fully saturated rings. The molecule has 7 heteroatoms. The Hall–Kier alpha value is -1.28. The van der Waals surface area contributed by atoms with Crippen LogP contribution >= 0.6 is 11.3 Å². The Labute approximate surface area is 122 Å². The summed E-state index contributed by atoms with van der Waals surface area (Å²) >= 11 is 1.49. The van der Waals surface area contributed by atoms with Gasteiger partial charge >= 0.3 is 0 Å². The first kappa shape index (κ1) is 15.1. The number of sulfonamides is 1. The van der Waals surface area contributed by atoms with E-state index in [0.717, 1.165) is 11.3 Å². The highest BCUT2D eigenvalue weighted by Crippen LogP contribution is 2.11. The van der Waals surface area contributed by atoms with Gasteiger partial charge in [0.25, 0.3) is 0 Å². The van der Waals surface area contributed by atoms with Gasteiger partial charge in [0.2, 0.25) is 10.0 Å². The molecule has 2 aromatic rings. The quantitative estimate of drug-likeness (QED) is 0.805. The fourth-order valence-electron chi connectivity index (χ4n) is 1.72. The number of benzene rings is 1. The molecule has 0 aliphatic rings. The van der Waals surface area contributed by atoms with Crippen LogP contribution in [0, 0.1) is 0 Å². The van der Waals surface area contributed by atoms with Crippen molar-refractivity contribution in [3.05, 3.63) is 46.4 Å². The largest absolute Gasteiger partial charge is 0.396 e. The minimum Gasteiger partial charge on any atom is -0.396 e. The smallest absolute Gasteiger partial charge is 0.240 e. The number of rotatable bonds is 7. The lowest BCUT2D eigenvalue weighted by atomic mass is 10.2. The molecule has 20 heavy (non-hydrogen) atoms. The van der Waals surface area contributed by atoms with Crippen LogP contribution in [0.4, 0.5) is 0 Å². The molecule has 108 valence electrons. The average molecular weight is 312 g/mol. The summed E-state index contributed by atoms with van der Waals surface area (Å²) in [5.74, 6) is 0. The monoisotopic (exact) mass is 312 g/mol. The summed E-state index contributed by atoms with van der Waals surface area (Å²) in [5, 5.41) is 10.7. The lowest BCUT2D eigenvalue weighted by Crippen LogP contribution is -2.26. The van der Waals surface area contributed by atoms with Crippen LogP contribution in [0.5, 0.6) is 0 Å². The summed E-state index contributed by atoms with van der Waals surface area (Å²) < 4.78 is 26.7. The van der Waals surface area contributed by atoms with E-state index in [1.165, 1.54) is 11.3 Å². The zero-order valence-electron chi connectivity index (χ0n) is 10.8. The standard InChI is InChI=1S/C13H16N2O3S2/c16-8-6-11-1-3-13(4-2-11)20(17,18)15-7-5-12-9-19-10-14-12/h1-4,9-10,15-16H,5-8H2. The first-order valence-corrected chi connectivity index (χ1v) is 8.61. The summed E-state index contributed by atoms with van der Waals surface area (Å²) in [6.45, 7) is 0.377. The number of hydrogen-bond donors (Lipinski definition) is 2. The number of aliphatic hydroxyl groups excluding tert-OH is 1. The summed E-state index contributed by atoms with van der Waals surface area (Å²) in [7, 11) is -3.48. The van der Waals surface area contributed by atoms with Gasteiger partial charge in [0, 0.05) is 25.0 Å². The van der Waals surface area contributed by atoms with E-state index in [-0.39, 0.29) is 11.5 Å². The highest BCUT2D eigenvalue weighted by atomic mass is 32.2. The maximum atomic E-state index is 12.1. The summed E-state index contributed by atoms with van der Waals surface area (Å²) in [6.07, 6.45) is 1.10. The van der Waals surface area contributed by atoms with Gasteiger partial charge in [0.1, 0.15) is 0 Å². The topological polar surface area (TPSA) is 79.3 Å². The van der Waals surface area contributed by atoms with Gasteiger partial charge in [-0.2, -0.15) is 0 Å². The Bertz CT molecular complexity index is 622. The Morgan fingerprint density at radius 3 is 2.55 bits per heavy atom. The van der Waals surface area contributed by atoms with Crippen molar-refractivity contribution in [3.8, 4) is 0 Å². The van der Waals surface area contributed by atoms with Crippen LogP contribution in [0.2, 0.25) is 0 Å². The van der Waals surface area contributed by atoms with Gasteiger partial charge in [-0.05, 0) is 24.1 Å². The van der Waals surface area contributed by atoms with Gasteiger partial charge in [-0.15, -0.1) is 11.3 Å². The zero-order valence-corrected chi connectivity index (χ0v) is 12.5. The molecule has 2 N–H and O–H groups in total. The van der Waals surface area contributed by atoms with Crippen molar-refractivity contribution in [2.45, 2.75) is 17.7 Å². The molecule has 0 spiro atoms. The van der Waals surface area contributed by atoms with Gasteiger partial charge in [-0.25, -0.2) is 18.1 Å². The predicted molar refractivity (Wildman–Crippen MR) is 78.2 cm³/mol. The Kier molecular flexibility index (Phi) is 5.24. The number of thiazole rings is 1. The molecule has 0 radical (unpaired) electrons. The van der Waals surface area contributed by atoms with Crippen LogP contribution in [0.1, 0.15) is 11.3 Å². The van der Waals surface area contributed by atoms with Crippen LogP contribution in [-0.4, -0.2) is 31.7 Å². The van der Waals surface area contributed by atoms with E-state index < -0.39 is 10.0 Å². The molecular weight excluding hydrogens is 296 g/mol. The van der Waals surface area contributed by atoms with Crippen molar-refractivity contribution < 1.29 is 13.5 Å². The molecule has 0 bridgehead atoms. The first-order valence-electron chi connectivity index (χ1n) is 6.18. The molecule has 0 saturated carbocycles. The maximum absolute atomic E-state index is 12.1. The Morgan fingerprint density at radius 1 is 1.20 bits per heavy atom. The predicted octanol–water partition coefficient (Wildman–Crippen LogP) is 1.20. The second-order valence-corrected chi connectivity index (χ2v) is 6.73. The molecule has 5 nitrogen and oxygen atoms in total. The number of nitrogens with zero attached hydrogens (tertiary/aromatic N) is 1. The summed E-state index contributed by atoms with van der Waals surface area (Å²) in [4.78, 5) is 4.33. The third kappa shape index (κ3) is 4.11. The van der Waals surface area contributed by atoms with Crippen molar-refractivity contribution in [2.24, 2.45) is 0 Å². The van der Waals surface area contributed by atoms with Gasteiger partial charge in [0.15, 0.2) is 0 Å². The SMILES string of the molecule is O=S(=O)(NCCc1cscn1)c1ccc(CCO)cc1. The highest BCUT2D eigenvalue weighted by Gasteiger charge is 2.13. The minimum absolute atomic E-state index is 0.0536. The summed E-state index contributed by atoms with van der Waals surface area (Å²) in [6, 6.07) is 6.53. The number of hydrogen-bond acceptors (Lipinski definition) is 5. The van der Waals surface area contributed by atoms with E-state index in [0.29, 0.717) is 19.4 Å². The van der Waals surface area contributed by atoms with Crippen LogP contribution in [-0.2, 0) is 22.9 Å². The van der Waals surface area contributed by atoms with E-state index in [1.54, 1.807) is 29.8 Å². The molecule has 1 aromatic heterocycles. The van der Waals surface area contributed by atoms with Crippen molar-refractivity contribution in [3.63, 3.8) is 0 Å². The highest BCUT2D eigenvalue weighted by molar-refractivity contribution is 7.89. The Morgan fingerprint density at radius 2 is 1.95 bits per heavy atom. The number of nitrogens with one attached hydrogen (secondary N) is 1. The van der Waals surface area contributed by atoms with Crippen LogP contribution < -0.4 is 4.72 Å². The summed E-state index contributed by atoms with van der Waals surface area (Å²) in [5.41, 5.74) is 3.52. The van der Waals surface area contributed by atoms with Crippen molar-refractivity contribution in [1.29, 1.82) is 0 Å². The van der Waals surface area contributed by atoms with Gasteiger partial charge < -0.3 is 5.11 Å². The van der Waals surface area contributed by atoms with Gasteiger partial charge in [-0.1, -0.05) is 12.1 Å². The molecule has 2 rings (SSSR count). The molecule has 0 saturated heterocycles. The zero-order chi connectivity index (χ0) is 14.4. The Balaban J connectivity index is 1.95. The minimum atomic E-state index is -3.48. The molecule has 1 heterocycles.